The molecule has 2 rings (SSSR count). The highest BCUT2D eigenvalue weighted by atomic mass is 16.2. The lowest BCUT2D eigenvalue weighted by atomic mass is 9.96. The molecule has 0 unspecified atom stereocenters. The van der Waals surface area contributed by atoms with E-state index < -0.39 is 0 Å². The molecule has 5 nitrogen and oxygen atoms in total. The molecule has 0 heterocycles. The zero-order chi connectivity index (χ0) is 17.5. The first-order valence-corrected chi connectivity index (χ1v) is 8.91. The Morgan fingerprint density at radius 3 is 2.54 bits per heavy atom. The number of para-hydroxylation sites is 1. The first-order valence-electron chi connectivity index (χ1n) is 8.91. The second kappa shape index (κ2) is 8.71. The molecule has 1 aromatic carbocycles. The van der Waals surface area contributed by atoms with E-state index in [2.05, 4.69) is 29.8 Å². The summed E-state index contributed by atoms with van der Waals surface area (Å²) in [6.07, 6.45) is 5.63. The first-order chi connectivity index (χ1) is 11.5. The largest absolute Gasteiger partial charge is 0.335 e. The Hall–Kier alpha value is -2.04. The van der Waals surface area contributed by atoms with Crippen molar-refractivity contribution in [3.05, 3.63) is 29.3 Å². The monoisotopic (exact) mass is 331 g/mol. The zero-order valence-corrected chi connectivity index (χ0v) is 14.9. The maximum Gasteiger partial charge on any atom is 0.315 e. The van der Waals surface area contributed by atoms with E-state index >= 15 is 0 Å². The van der Waals surface area contributed by atoms with Crippen molar-refractivity contribution >= 4 is 17.6 Å². The van der Waals surface area contributed by atoms with E-state index in [4.69, 9.17) is 0 Å². The molecular weight excluding hydrogens is 302 g/mol. The Labute approximate surface area is 144 Å². The minimum Gasteiger partial charge on any atom is -0.335 e. The molecule has 0 radical (unpaired) electrons. The number of carbonyl (C=O) groups is 2. The standard InChI is InChI=1S/C19H29N3O2/c1-13(2)16-11-7-8-14(3)18(16)22-17(23)12-20-19(24)21-15-9-5-4-6-10-15/h7-8,11,13,15H,4-6,9-10,12H2,1-3H3,(H,22,23)(H2,20,21,24). The van der Waals surface area contributed by atoms with E-state index in [9.17, 15) is 9.59 Å². The van der Waals surface area contributed by atoms with Gasteiger partial charge < -0.3 is 16.0 Å². The fourth-order valence-electron chi connectivity index (χ4n) is 3.17. The fraction of sp³-hybridized carbons (Fsp3) is 0.579. The Balaban J connectivity index is 1.84. The molecule has 0 aliphatic heterocycles. The van der Waals surface area contributed by atoms with Gasteiger partial charge in [0.1, 0.15) is 0 Å². The summed E-state index contributed by atoms with van der Waals surface area (Å²) < 4.78 is 0. The van der Waals surface area contributed by atoms with Crippen LogP contribution in [-0.2, 0) is 4.79 Å². The third-order valence-electron chi connectivity index (χ3n) is 4.54. The number of nitrogens with one attached hydrogen (secondary N) is 3. The molecule has 1 saturated carbocycles. The summed E-state index contributed by atoms with van der Waals surface area (Å²) in [6, 6.07) is 5.98. The van der Waals surface area contributed by atoms with Gasteiger partial charge in [-0.1, -0.05) is 51.3 Å². The van der Waals surface area contributed by atoms with Crippen molar-refractivity contribution in [3.8, 4) is 0 Å². The third kappa shape index (κ3) is 5.25. The van der Waals surface area contributed by atoms with Gasteiger partial charge in [-0.25, -0.2) is 4.79 Å². The third-order valence-corrected chi connectivity index (χ3v) is 4.54. The highest BCUT2D eigenvalue weighted by molar-refractivity contribution is 5.95. The lowest BCUT2D eigenvalue weighted by molar-refractivity contribution is -0.115. The van der Waals surface area contributed by atoms with Gasteiger partial charge >= 0.3 is 6.03 Å². The topological polar surface area (TPSA) is 70.2 Å². The minimum absolute atomic E-state index is 0.0234. The van der Waals surface area contributed by atoms with Crippen molar-refractivity contribution in [3.63, 3.8) is 0 Å². The van der Waals surface area contributed by atoms with Crippen LogP contribution in [0, 0.1) is 6.92 Å². The van der Waals surface area contributed by atoms with Crippen LogP contribution in [0.4, 0.5) is 10.5 Å². The summed E-state index contributed by atoms with van der Waals surface area (Å²) >= 11 is 0. The van der Waals surface area contributed by atoms with Gasteiger partial charge in [0.15, 0.2) is 0 Å². The van der Waals surface area contributed by atoms with E-state index in [0.29, 0.717) is 5.92 Å². The van der Waals surface area contributed by atoms with Crippen molar-refractivity contribution in [2.75, 3.05) is 11.9 Å². The Kier molecular flexibility index (Phi) is 6.64. The van der Waals surface area contributed by atoms with Gasteiger partial charge in [0.2, 0.25) is 5.91 Å². The van der Waals surface area contributed by atoms with Crippen LogP contribution in [0.15, 0.2) is 18.2 Å². The molecule has 132 valence electrons. The summed E-state index contributed by atoms with van der Waals surface area (Å²) in [5.74, 6) is 0.118. The van der Waals surface area contributed by atoms with Gasteiger partial charge in [-0.15, -0.1) is 0 Å². The summed E-state index contributed by atoms with van der Waals surface area (Å²) in [5.41, 5.74) is 2.99. The second-order valence-electron chi connectivity index (χ2n) is 6.90. The van der Waals surface area contributed by atoms with E-state index in [1.165, 1.54) is 6.42 Å². The van der Waals surface area contributed by atoms with Crippen LogP contribution in [-0.4, -0.2) is 24.5 Å². The zero-order valence-electron chi connectivity index (χ0n) is 14.9. The fourth-order valence-corrected chi connectivity index (χ4v) is 3.17. The molecule has 24 heavy (non-hydrogen) atoms. The molecule has 0 atom stereocenters. The highest BCUT2D eigenvalue weighted by Crippen LogP contribution is 2.27. The quantitative estimate of drug-likeness (QED) is 0.770. The van der Waals surface area contributed by atoms with E-state index in [1.807, 2.05) is 25.1 Å². The number of hydrogen-bond donors (Lipinski definition) is 3. The SMILES string of the molecule is Cc1cccc(C(C)C)c1NC(=O)CNC(=O)NC1CCCCC1. The molecular formula is C19H29N3O2. The van der Waals surface area contributed by atoms with Crippen LogP contribution in [0.2, 0.25) is 0 Å². The van der Waals surface area contributed by atoms with E-state index in [-0.39, 0.29) is 24.5 Å². The summed E-state index contributed by atoms with van der Waals surface area (Å²) in [4.78, 5) is 24.1. The molecule has 1 aliphatic rings. The smallest absolute Gasteiger partial charge is 0.315 e. The van der Waals surface area contributed by atoms with E-state index in [0.717, 1.165) is 42.5 Å². The minimum atomic E-state index is -0.258. The van der Waals surface area contributed by atoms with Crippen molar-refractivity contribution < 1.29 is 9.59 Å². The van der Waals surface area contributed by atoms with Crippen molar-refractivity contribution in [1.29, 1.82) is 0 Å². The van der Waals surface area contributed by atoms with Crippen LogP contribution >= 0.6 is 0 Å². The molecule has 3 N–H and O–H groups in total. The van der Waals surface area contributed by atoms with Crippen LogP contribution in [0.5, 0.6) is 0 Å². The number of aryl methyl sites for hydroxylation is 1. The van der Waals surface area contributed by atoms with Crippen LogP contribution in [0.25, 0.3) is 0 Å². The normalized spacial score (nSPS) is 15.2. The van der Waals surface area contributed by atoms with Crippen molar-refractivity contribution in [1.82, 2.24) is 10.6 Å². The number of anilines is 1. The first kappa shape index (κ1) is 18.3. The number of urea groups is 1. The van der Waals surface area contributed by atoms with Crippen molar-refractivity contribution in [2.24, 2.45) is 0 Å². The molecule has 1 fully saturated rings. The van der Waals surface area contributed by atoms with Gasteiger partial charge in [-0.05, 0) is 36.8 Å². The summed E-state index contributed by atoms with van der Waals surface area (Å²) in [7, 11) is 0. The van der Waals surface area contributed by atoms with Gasteiger partial charge in [0.25, 0.3) is 0 Å². The van der Waals surface area contributed by atoms with Crippen LogP contribution in [0.1, 0.15) is 63.0 Å². The molecule has 5 heteroatoms. The average molecular weight is 331 g/mol. The molecule has 0 aromatic heterocycles. The molecule has 3 amide bonds. The lowest BCUT2D eigenvalue weighted by Crippen LogP contribution is -2.45. The van der Waals surface area contributed by atoms with Crippen LogP contribution in [0.3, 0.4) is 0 Å². The summed E-state index contributed by atoms with van der Waals surface area (Å²) in [5, 5.41) is 8.54. The maximum absolute atomic E-state index is 12.2. The number of hydrogen-bond acceptors (Lipinski definition) is 2. The average Bonchev–Trinajstić information content (AvgIpc) is 2.55. The molecule has 1 aliphatic carbocycles. The molecule has 0 spiro atoms. The van der Waals surface area contributed by atoms with Crippen LogP contribution < -0.4 is 16.0 Å². The number of amides is 3. The van der Waals surface area contributed by atoms with Crippen molar-refractivity contribution in [2.45, 2.75) is 64.8 Å². The Bertz CT molecular complexity index is 578. The predicted octanol–water partition coefficient (Wildman–Crippen LogP) is 3.69. The van der Waals surface area contributed by atoms with Gasteiger partial charge in [-0.3, -0.25) is 4.79 Å². The van der Waals surface area contributed by atoms with E-state index in [1.54, 1.807) is 0 Å². The molecule has 0 saturated heterocycles. The molecule has 1 aromatic rings. The highest BCUT2D eigenvalue weighted by Gasteiger charge is 2.16. The summed E-state index contributed by atoms with van der Waals surface area (Å²) in [6.45, 7) is 6.15. The predicted molar refractivity (Wildman–Crippen MR) is 97.3 cm³/mol. The van der Waals surface area contributed by atoms with Gasteiger partial charge in [0, 0.05) is 11.7 Å². The second-order valence-corrected chi connectivity index (χ2v) is 6.90. The van der Waals surface area contributed by atoms with Gasteiger partial charge in [-0.2, -0.15) is 0 Å². The Morgan fingerprint density at radius 1 is 1.17 bits per heavy atom. The lowest BCUT2D eigenvalue weighted by Gasteiger charge is -2.23. The molecule has 0 bridgehead atoms. The maximum atomic E-state index is 12.2. The number of benzene rings is 1. The number of carbonyl (C=O) groups excluding carboxylic acids is 2. The number of rotatable bonds is 5. The van der Waals surface area contributed by atoms with Gasteiger partial charge in [0.05, 0.1) is 6.54 Å². The Morgan fingerprint density at radius 2 is 1.88 bits per heavy atom.